The van der Waals surface area contributed by atoms with E-state index in [0.717, 1.165) is 0 Å². The van der Waals surface area contributed by atoms with Gasteiger partial charge in [0.25, 0.3) is 0 Å². The summed E-state index contributed by atoms with van der Waals surface area (Å²) < 4.78 is 15.2. The number of esters is 3. The van der Waals surface area contributed by atoms with Crippen LogP contribution in [0, 0.1) is 17.8 Å². The summed E-state index contributed by atoms with van der Waals surface area (Å²) in [7, 11) is 1.21. The van der Waals surface area contributed by atoms with Gasteiger partial charge >= 0.3 is 17.9 Å². The summed E-state index contributed by atoms with van der Waals surface area (Å²) in [5.74, 6) is -2.36. The maximum absolute atomic E-state index is 12.8. The summed E-state index contributed by atoms with van der Waals surface area (Å²) in [5.41, 5.74) is 0.122. The fourth-order valence-corrected chi connectivity index (χ4v) is 3.77. The molecule has 10 heteroatoms. The van der Waals surface area contributed by atoms with Gasteiger partial charge in [-0.05, 0) is 72.9 Å². The predicted octanol–water partition coefficient (Wildman–Crippen LogP) is 4.93. The zero-order chi connectivity index (χ0) is 26.4. The van der Waals surface area contributed by atoms with Crippen LogP contribution in [0.2, 0.25) is 0 Å². The molecule has 0 aromatic heterocycles. The Hall–Kier alpha value is -2.45. The van der Waals surface area contributed by atoms with E-state index in [0.29, 0.717) is 25.7 Å². The van der Waals surface area contributed by atoms with E-state index in [-0.39, 0.29) is 49.0 Å². The van der Waals surface area contributed by atoms with Crippen LogP contribution in [0.15, 0.2) is 24.3 Å². The minimum Gasteiger partial charge on any atom is -0.465 e. The van der Waals surface area contributed by atoms with Gasteiger partial charge in [0, 0.05) is 12.8 Å². The minimum atomic E-state index is -0.741. The van der Waals surface area contributed by atoms with Crippen molar-refractivity contribution in [3.63, 3.8) is 0 Å². The first kappa shape index (κ1) is 30.6. The number of hydrogen-bond donors (Lipinski definition) is 0. The molecule has 0 amide bonds. The SMILES string of the molecule is COC(=O)c1ccccc1C(=O)OCCOC(=O)C(CCC(C)CCC(=O)Cl)C(C)CCC(=O)Cl. The van der Waals surface area contributed by atoms with E-state index in [4.69, 9.17) is 32.7 Å². The molecule has 8 nitrogen and oxygen atoms in total. The van der Waals surface area contributed by atoms with Crippen molar-refractivity contribution in [2.24, 2.45) is 17.8 Å². The quantitative estimate of drug-likeness (QED) is 0.128. The number of rotatable bonds is 16. The number of methoxy groups -OCH3 is 1. The third kappa shape index (κ3) is 11.7. The van der Waals surface area contributed by atoms with E-state index in [1.807, 2.05) is 13.8 Å². The summed E-state index contributed by atoms with van der Waals surface area (Å²) in [5, 5.41) is -0.873. The Balaban J connectivity index is 2.66. The van der Waals surface area contributed by atoms with Gasteiger partial charge < -0.3 is 14.2 Å². The molecule has 0 saturated heterocycles. The number of carbonyl (C=O) groups is 5. The van der Waals surface area contributed by atoms with E-state index < -0.39 is 34.3 Å². The molecule has 0 saturated carbocycles. The predicted molar refractivity (Wildman–Crippen MR) is 130 cm³/mol. The minimum absolute atomic E-state index is 0.0485. The third-order valence-electron chi connectivity index (χ3n) is 5.70. The second-order valence-corrected chi connectivity index (χ2v) is 9.24. The van der Waals surface area contributed by atoms with E-state index >= 15 is 0 Å². The first-order valence-corrected chi connectivity index (χ1v) is 12.2. The number of carbonyl (C=O) groups excluding carboxylic acids is 5. The summed E-state index contributed by atoms with van der Waals surface area (Å²) in [6, 6.07) is 6.07. The number of benzene rings is 1. The molecule has 3 atom stereocenters. The van der Waals surface area contributed by atoms with Crippen LogP contribution in [0.25, 0.3) is 0 Å². The molecule has 194 valence electrons. The molecule has 3 unspecified atom stereocenters. The molecule has 35 heavy (non-hydrogen) atoms. The van der Waals surface area contributed by atoms with E-state index in [9.17, 15) is 24.0 Å². The Labute approximate surface area is 215 Å². The topological polar surface area (TPSA) is 113 Å². The van der Waals surface area contributed by atoms with Crippen molar-refractivity contribution < 1.29 is 38.2 Å². The van der Waals surface area contributed by atoms with Gasteiger partial charge in [-0.3, -0.25) is 14.4 Å². The van der Waals surface area contributed by atoms with Crippen LogP contribution < -0.4 is 0 Å². The molecule has 0 heterocycles. The summed E-state index contributed by atoms with van der Waals surface area (Å²) in [6.07, 6.45) is 2.61. The van der Waals surface area contributed by atoms with Gasteiger partial charge in [-0.25, -0.2) is 9.59 Å². The zero-order valence-corrected chi connectivity index (χ0v) is 21.7. The van der Waals surface area contributed by atoms with Crippen molar-refractivity contribution in [3.05, 3.63) is 35.4 Å². The Morgan fingerprint density at radius 1 is 0.771 bits per heavy atom. The fraction of sp³-hybridized carbons (Fsp3) is 0.560. The molecular weight excluding hydrogens is 499 g/mol. The highest BCUT2D eigenvalue weighted by Crippen LogP contribution is 2.27. The normalized spacial score (nSPS) is 13.3. The van der Waals surface area contributed by atoms with E-state index in [1.54, 1.807) is 12.1 Å². The second kappa shape index (κ2) is 16.3. The fourth-order valence-electron chi connectivity index (χ4n) is 3.56. The molecule has 0 aliphatic rings. The Bertz CT molecular complexity index is 886. The van der Waals surface area contributed by atoms with Crippen LogP contribution in [0.5, 0.6) is 0 Å². The van der Waals surface area contributed by atoms with Gasteiger partial charge in [0.1, 0.15) is 13.2 Å². The van der Waals surface area contributed by atoms with Gasteiger partial charge in [-0.15, -0.1) is 0 Å². The van der Waals surface area contributed by atoms with Crippen LogP contribution in [0.4, 0.5) is 0 Å². The highest BCUT2D eigenvalue weighted by molar-refractivity contribution is 6.63. The monoisotopic (exact) mass is 530 g/mol. The van der Waals surface area contributed by atoms with Crippen molar-refractivity contribution in [1.82, 2.24) is 0 Å². The largest absolute Gasteiger partial charge is 0.465 e. The van der Waals surface area contributed by atoms with Crippen LogP contribution >= 0.6 is 23.2 Å². The molecule has 0 aliphatic carbocycles. The average molecular weight is 531 g/mol. The van der Waals surface area contributed by atoms with Crippen LogP contribution in [0.3, 0.4) is 0 Å². The molecule has 0 aliphatic heterocycles. The molecule has 0 fully saturated rings. The first-order chi connectivity index (χ1) is 16.6. The maximum Gasteiger partial charge on any atom is 0.339 e. The lowest BCUT2D eigenvalue weighted by molar-refractivity contribution is -0.152. The van der Waals surface area contributed by atoms with Crippen molar-refractivity contribution in [2.75, 3.05) is 20.3 Å². The van der Waals surface area contributed by atoms with Crippen LogP contribution in [0.1, 0.15) is 73.1 Å². The summed E-state index contributed by atoms with van der Waals surface area (Å²) in [4.78, 5) is 59.1. The standard InChI is InChI=1S/C25H32Cl2O8/c1-16(9-12-21(26)28)8-11-18(17(2)10-13-22(27)29)24(31)34-14-15-35-25(32)20-7-5-4-6-19(20)23(30)33-3/h4-7,16-18H,8-15H2,1-3H3. The molecule has 0 radical (unpaired) electrons. The third-order valence-corrected chi connectivity index (χ3v) is 6.08. The smallest absolute Gasteiger partial charge is 0.339 e. The highest BCUT2D eigenvalue weighted by atomic mass is 35.5. The second-order valence-electron chi connectivity index (χ2n) is 8.39. The molecule has 0 spiro atoms. The van der Waals surface area contributed by atoms with Crippen molar-refractivity contribution in [3.8, 4) is 0 Å². The van der Waals surface area contributed by atoms with Gasteiger partial charge in [-0.2, -0.15) is 0 Å². The number of halogens is 2. The number of hydrogen-bond acceptors (Lipinski definition) is 8. The average Bonchev–Trinajstić information content (AvgIpc) is 2.83. The Morgan fingerprint density at radius 3 is 1.89 bits per heavy atom. The lowest BCUT2D eigenvalue weighted by Gasteiger charge is -2.23. The molecule has 1 aromatic rings. The van der Waals surface area contributed by atoms with E-state index in [1.165, 1.54) is 19.2 Å². The number of ether oxygens (including phenoxy) is 3. The van der Waals surface area contributed by atoms with Crippen molar-refractivity contribution >= 4 is 51.6 Å². The molecule has 1 rings (SSSR count). The van der Waals surface area contributed by atoms with Gasteiger partial charge in [-0.1, -0.05) is 26.0 Å². The van der Waals surface area contributed by atoms with Crippen LogP contribution in [-0.2, 0) is 28.6 Å². The summed E-state index contributed by atoms with van der Waals surface area (Å²) >= 11 is 10.9. The Morgan fingerprint density at radius 2 is 1.31 bits per heavy atom. The maximum atomic E-state index is 12.8. The highest BCUT2D eigenvalue weighted by Gasteiger charge is 2.27. The van der Waals surface area contributed by atoms with Crippen molar-refractivity contribution in [1.29, 1.82) is 0 Å². The molecule has 0 bridgehead atoms. The lowest BCUT2D eigenvalue weighted by Crippen LogP contribution is -2.27. The summed E-state index contributed by atoms with van der Waals surface area (Å²) in [6.45, 7) is 3.46. The molecule has 0 N–H and O–H groups in total. The van der Waals surface area contributed by atoms with E-state index in [2.05, 4.69) is 4.74 Å². The van der Waals surface area contributed by atoms with Crippen LogP contribution in [-0.4, -0.2) is 48.7 Å². The molecular formula is C25H32Cl2O8. The van der Waals surface area contributed by atoms with Gasteiger partial charge in [0.15, 0.2) is 0 Å². The van der Waals surface area contributed by atoms with Gasteiger partial charge in [0.2, 0.25) is 10.5 Å². The van der Waals surface area contributed by atoms with Gasteiger partial charge in [0.05, 0.1) is 24.2 Å². The molecule has 1 aromatic carbocycles. The Kier molecular flexibility index (Phi) is 14.2. The lowest BCUT2D eigenvalue weighted by atomic mass is 9.84. The first-order valence-electron chi connectivity index (χ1n) is 11.4. The van der Waals surface area contributed by atoms with Crippen molar-refractivity contribution in [2.45, 2.75) is 52.4 Å². The zero-order valence-electron chi connectivity index (χ0n) is 20.2.